The van der Waals surface area contributed by atoms with Crippen LogP contribution in [0.3, 0.4) is 0 Å². The minimum atomic E-state index is -1.99. The Morgan fingerprint density at radius 3 is 1.93 bits per heavy atom. The first-order chi connectivity index (χ1) is 19.9. The lowest BCUT2D eigenvalue weighted by Crippen LogP contribution is -2.66. The molecule has 4 aliphatic rings. The van der Waals surface area contributed by atoms with Crippen molar-refractivity contribution in [3.8, 4) is 0 Å². The van der Waals surface area contributed by atoms with Crippen LogP contribution in [0.5, 0.6) is 0 Å². The maximum atomic E-state index is 7.50. The van der Waals surface area contributed by atoms with Crippen LogP contribution in [0.2, 0.25) is 78.6 Å². The zero-order valence-electron chi connectivity index (χ0n) is 31.3. The lowest BCUT2D eigenvalue weighted by atomic mass is 9.43. The maximum absolute atomic E-state index is 7.50. The third-order valence-electron chi connectivity index (χ3n) is 11.5. The van der Waals surface area contributed by atoms with Gasteiger partial charge in [0.2, 0.25) is 0 Å². The van der Waals surface area contributed by atoms with Crippen LogP contribution in [0.4, 0.5) is 0 Å². The molecule has 0 saturated heterocycles. The van der Waals surface area contributed by atoms with Crippen LogP contribution in [-0.4, -0.2) is 70.5 Å². The molecule has 4 rings (SSSR count). The summed E-state index contributed by atoms with van der Waals surface area (Å²) in [6, 6.07) is 0. The zero-order chi connectivity index (χ0) is 33.1. The van der Waals surface area contributed by atoms with Gasteiger partial charge in [-0.1, -0.05) is 19.0 Å². The molecule has 0 aromatic heterocycles. The Labute approximate surface area is 275 Å². The fourth-order valence-electron chi connectivity index (χ4n) is 10.3. The molecule has 0 aromatic rings. The summed E-state index contributed by atoms with van der Waals surface area (Å²) in [6.07, 6.45) is 10.2. The molecule has 6 nitrogen and oxygen atoms in total. The van der Waals surface area contributed by atoms with Gasteiger partial charge in [0, 0.05) is 17.6 Å². The molecule has 44 heavy (non-hydrogen) atoms. The quantitative estimate of drug-likeness (QED) is 0.123. The molecule has 0 spiro atoms. The highest BCUT2D eigenvalue weighted by atomic mass is 28.4. The van der Waals surface area contributed by atoms with Gasteiger partial charge in [0.25, 0.3) is 0 Å². The summed E-state index contributed by atoms with van der Waals surface area (Å²) in [5.74, 6) is 2.52. The molecule has 4 aliphatic carbocycles. The van der Waals surface area contributed by atoms with E-state index in [9.17, 15) is 0 Å². The Bertz CT molecular complexity index is 1050. The molecule has 9 atom stereocenters. The lowest BCUT2D eigenvalue weighted by Gasteiger charge is -2.65. The van der Waals surface area contributed by atoms with Crippen LogP contribution in [0.15, 0.2) is 5.16 Å². The van der Waals surface area contributed by atoms with Gasteiger partial charge in [-0.3, -0.25) is 0 Å². The molecule has 4 saturated carbocycles. The van der Waals surface area contributed by atoms with E-state index in [4.69, 9.17) is 27.7 Å². The summed E-state index contributed by atoms with van der Waals surface area (Å²) in [5.41, 5.74) is 0.678. The highest BCUT2D eigenvalue weighted by molar-refractivity contribution is 6.71. The zero-order valence-corrected chi connectivity index (χ0v) is 35.3. The molecule has 0 aromatic carbocycles. The SMILES string of the molecule is CO/N=C(\CO[Si](C)(C)C)[C@@]1(O[Si](C)(C)C)CCC2C3CC[C@H]4C[C@H](O[Si](C)(C)C)CCC4(C)C3[C@@H](O[Si](C)(C)C)CC21C. The molecule has 0 radical (unpaired) electrons. The predicted molar refractivity (Wildman–Crippen MR) is 194 cm³/mol. The number of rotatable bonds is 11. The summed E-state index contributed by atoms with van der Waals surface area (Å²) >= 11 is 0. The van der Waals surface area contributed by atoms with E-state index in [0.717, 1.165) is 24.5 Å². The number of fused-ring (bicyclic) bond motifs is 5. The van der Waals surface area contributed by atoms with Gasteiger partial charge in [-0.05, 0) is 159 Å². The van der Waals surface area contributed by atoms with E-state index < -0.39 is 38.9 Å². The third kappa shape index (κ3) is 7.73. The molecule has 5 unspecified atom stereocenters. The van der Waals surface area contributed by atoms with Crippen LogP contribution in [-0.2, 0) is 22.5 Å². The predicted octanol–water partition coefficient (Wildman–Crippen LogP) is 9.52. The molecule has 4 fully saturated rings. The van der Waals surface area contributed by atoms with E-state index in [-0.39, 0.29) is 11.5 Å². The Kier molecular flexibility index (Phi) is 10.6. The Morgan fingerprint density at radius 2 is 1.39 bits per heavy atom. The smallest absolute Gasteiger partial charge is 0.185 e. The molecule has 256 valence electrons. The first kappa shape index (κ1) is 37.0. The lowest BCUT2D eigenvalue weighted by molar-refractivity contribution is -0.183. The molecule has 0 heterocycles. The highest BCUT2D eigenvalue weighted by Gasteiger charge is 2.70. The highest BCUT2D eigenvalue weighted by Crippen LogP contribution is 2.70. The maximum Gasteiger partial charge on any atom is 0.185 e. The summed E-state index contributed by atoms with van der Waals surface area (Å²) in [4.78, 5) is 5.62. The summed E-state index contributed by atoms with van der Waals surface area (Å²) in [7, 11) is -5.49. The largest absolute Gasteiger partial charge is 0.415 e. The van der Waals surface area contributed by atoms with Gasteiger partial charge in [0.15, 0.2) is 33.3 Å². The molecule has 10 heteroatoms. The number of hydrogen-bond donors (Lipinski definition) is 0. The monoisotopic (exact) mass is 683 g/mol. The second kappa shape index (κ2) is 12.6. The fourth-order valence-corrected chi connectivity index (χ4v) is 14.7. The Morgan fingerprint density at radius 1 is 0.750 bits per heavy atom. The van der Waals surface area contributed by atoms with Crippen molar-refractivity contribution in [2.75, 3.05) is 13.7 Å². The Hall–Kier alpha value is 0.178. The van der Waals surface area contributed by atoms with Gasteiger partial charge in [0.1, 0.15) is 18.4 Å². The molecule has 0 amide bonds. The van der Waals surface area contributed by atoms with Crippen molar-refractivity contribution >= 4 is 39.0 Å². The van der Waals surface area contributed by atoms with E-state index in [0.29, 0.717) is 35.9 Å². The van der Waals surface area contributed by atoms with Crippen molar-refractivity contribution in [3.05, 3.63) is 0 Å². The van der Waals surface area contributed by atoms with Gasteiger partial charge in [-0.25, -0.2) is 0 Å². The normalized spacial score (nSPS) is 40.3. The van der Waals surface area contributed by atoms with Crippen molar-refractivity contribution in [1.82, 2.24) is 0 Å². The van der Waals surface area contributed by atoms with E-state index in [1.54, 1.807) is 7.11 Å². The van der Waals surface area contributed by atoms with Crippen molar-refractivity contribution in [1.29, 1.82) is 0 Å². The minimum Gasteiger partial charge on any atom is -0.415 e. The first-order valence-electron chi connectivity index (χ1n) is 17.7. The number of nitrogens with zero attached hydrogens (tertiary/aromatic N) is 1. The fraction of sp³-hybridized carbons (Fsp3) is 0.971. The van der Waals surface area contributed by atoms with Crippen LogP contribution in [0.25, 0.3) is 0 Å². The Balaban J connectivity index is 1.78. The molecule has 0 N–H and O–H groups in total. The van der Waals surface area contributed by atoms with Crippen LogP contribution < -0.4 is 0 Å². The van der Waals surface area contributed by atoms with E-state index in [2.05, 4.69) is 92.4 Å². The van der Waals surface area contributed by atoms with Gasteiger partial charge in [0.05, 0.1) is 6.61 Å². The van der Waals surface area contributed by atoms with Gasteiger partial charge >= 0.3 is 0 Å². The first-order valence-corrected chi connectivity index (χ1v) is 31.4. The topological polar surface area (TPSA) is 58.5 Å². The average Bonchev–Trinajstić information content (AvgIpc) is 3.10. The molecule has 0 aliphatic heterocycles. The van der Waals surface area contributed by atoms with Crippen LogP contribution in [0.1, 0.15) is 65.2 Å². The van der Waals surface area contributed by atoms with Crippen molar-refractivity contribution in [2.24, 2.45) is 39.7 Å². The summed E-state index contributed by atoms with van der Waals surface area (Å²) < 4.78 is 28.2. The van der Waals surface area contributed by atoms with Gasteiger partial charge in [-0.2, -0.15) is 0 Å². The summed E-state index contributed by atoms with van der Waals surface area (Å²) in [5, 5.41) is 4.79. The third-order valence-corrected chi connectivity index (χ3v) is 15.5. The molecule has 0 bridgehead atoms. The van der Waals surface area contributed by atoms with Crippen molar-refractivity contribution in [3.63, 3.8) is 0 Å². The summed E-state index contributed by atoms with van der Waals surface area (Å²) in [6.45, 7) is 33.7. The van der Waals surface area contributed by atoms with Gasteiger partial charge < -0.3 is 22.5 Å². The average molecular weight is 684 g/mol. The van der Waals surface area contributed by atoms with Crippen molar-refractivity contribution < 1.29 is 22.5 Å². The van der Waals surface area contributed by atoms with E-state index in [1.807, 2.05) is 0 Å². The van der Waals surface area contributed by atoms with E-state index in [1.165, 1.54) is 38.5 Å². The van der Waals surface area contributed by atoms with Crippen molar-refractivity contribution in [2.45, 2.75) is 162 Å². The van der Waals surface area contributed by atoms with Crippen LogP contribution in [0, 0.1) is 34.5 Å². The second-order valence-corrected chi connectivity index (χ2v) is 37.2. The van der Waals surface area contributed by atoms with E-state index >= 15 is 0 Å². The van der Waals surface area contributed by atoms with Gasteiger partial charge in [-0.15, -0.1) is 0 Å². The molecular formula is C34H69NO5Si4. The minimum absolute atomic E-state index is 0.0970. The number of oxime groups is 1. The van der Waals surface area contributed by atoms with Crippen LogP contribution >= 0.6 is 0 Å². The standard InChI is InChI=1S/C34H69NO5Si4/c1-32-20-18-26(38-42(7,8)9)22-25(32)16-17-27-28-19-21-34(40-44(13,14)15,30(35-36-3)24-37-41(4,5)6)33(28,2)23-29(31(27)32)39-43(10,11)12/h25-29,31H,16-24H2,1-15H3/b35-30+/t25-,26+,27?,28?,29-,31?,32?,33?,34-/m0/s1. The number of hydrogen-bond acceptors (Lipinski definition) is 6. The molecular weight excluding hydrogens is 615 g/mol. The second-order valence-electron chi connectivity index (χ2n) is 19.3.